The lowest BCUT2D eigenvalue weighted by Crippen LogP contribution is -2.09. The lowest BCUT2D eigenvalue weighted by Gasteiger charge is -2.10. The average molecular weight is 401 g/mol. The highest BCUT2D eigenvalue weighted by molar-refractivity contribution is 9.10. The number of halogens is 1. The predicted molar refractivity (Wildman–Crippen MR) is 100 cm³/mol. The molecule has 0 atom stereocenters. The van der Waals surface area contributed by atoms with Crippen LogP contribution in [0.15, 0.2) is 65.1 Å². The van der Waals surface area contributed by atoms with Gasteiger partial charge in [-0.25, -0.2) is 4.79 Å². The van der Waals surface area contributed by atoms with Crippen molar-refractivity contribution >= 4 is 32.7 Å². The second-order valence-electron chi connectivity index (χ2n) is 5.35. The number of hydrogen-bond donors (Lipinski definition) is 0. The van der Waals surface area contributed by atoms with Crippen molar-refractivity contribution < 1.29 is 19.0 Å². The van der Waals surface area contributed by atoms with E-state index in [1.54, 1.807) is 31.4 Å². The van der Waals surface area contributed by atoms with Crippen molar-refractivity contribution in [2.45, 2.75) is 0 Å². The van der Waals surface area contributed by atoms with Gasteiger partial charge >= 0.3 is 5.97 Å². The summed E-state index contributed by atoms with van der Waals surface area (Å²) >= 11 is 3.42. The van der Waals surface area contributed by atoms with Crippen LogP contribution in [-0.2, 0) is 4.74 Å². The van der Waals surface area contributed by atoms with Crippen LogP contribution in [0.3, 0.4) is 0 Å². The van der Waals surface area contributed by atoms with Crippen LogP contribution in [0, 0.1) is 0 Å². The molecule has 0 radical (unpaired) electrons. The lowest BCUT2D eigenvalue weighted by molar-refractivity contribution is 0.0737. The third-order valence-corrected chi connectivity index (χ3v) is 4.28. The largest absolute Gasteiger partial charge is 0.490 e. The Balaban J connectivity index is 1.78. The molecule has 0 aliphatic carbocycles. The number of rotatable bonds is 6. The molecular weight excluding hydrogens is 384 g/mol. The van der Waals surface area contributed by atoms with Crippen molar-refractivity contribution in [3.63, 3.8) is 0 Å². The normalized spacial score (nSPS) is 10.6. The lowest BCUT2D eigenvalue weighted by atomic mass is 10.1. The molecule has 3 aromatic carbocycles. The molecule has 4 nitrogen and oxygen atoms in total. The second kappa shape index (κ2) is 8.14. The van der Waals surface area contributed by atoms with Crippen LogP contribution < -0.4 is 9.47 Å². The molecule has 0 aliphatic heterocycles. The first kappa shape index (κ1) is 17.5. The molecule has 0 heterocycles. The molecule has 0 aromatic heterocycles. The van der Waals surface area contributed by atoms with E-state index in [-0.39, 0.29) is 0 Å². The van der Waals surface area contributed by atoms with Gasteiger partial charge in [-0.1, -0.05) is 36.4 Å². The van der Waals surface area contributed by atoms with Crippen molar-refractivity contribution in [3.05, 3.63) is 70.7 Å². The molecule has 0 bridgehead atoms. The Kier molecular flexibility index (Phi) is 5.68. The van der Waals surface area contributed by atoms with Gasteiger partial charge in [0.05, 0.1) is 16.6 Å². The highest BCUT2D eigenvalue weighted by Gasteiger charge is 2.13. The number of carbonyl (C=O) groups excluding carboxylic acids is 1. The van der Waals surface area contributed by atoms with E-state index in [9.17, 15) is 4.79 Å². The third kappa shape index (κ3) is 4.18. The minimum atomic E-state index is -0.416. The van der Waals surface area contributed by atoms with Crippen molar-refractivity contribution in [1.29, 1.82) is 0 Å². The van der Waals surface area contributed by atoms with Crippen LogP contribution in [0.4, 0.5) is 0 Å². The maximum Gasteiger partial charge on any atom is 0.343 e. The summed E-state index contributed by atoms with van der Waals surface area (Å²) in [5.74, 6) is 0.777. The van der Waals surface area contributed by atoms with Crippen molar-refractivity contribution in [2.24, 2.45) is 0 Å². The molecule has 5 heteroatoms. The molecule has 3 rings (SSSR count). The van der Waals surface area contributed by atoms with Gasteiger partial charge in [-0.2, -0.15) is 0 Å². The van der Waals surface area contributed by atoms with Crippen molar-refractivity contribution in [2.75, 3.05) is 20.3 Å². The quantitative estimate of drug-likeness (QED) is 0.337. The summed E-state index contributed by atoms with van der Waals surface area (Å²) in [6, 6.07) is 18.5. The monoisotopic (exact) mass is 400 g/mol. The summed E-state index contributed by atoms with van der Waals surface area (Å²) in [6.07, 6.45) is 0. The van der Waals surface area contributed by atoms with E-state index in [1.807, 2.05) is 36.4 Å². The molecule has 0 amide bonds. The Morgan fingerprint density at radius 2 is 1.76 bits per heavy atom. The first-order chi connectivity index (χ1) is 12.2. The first-order valence-electron chi connectivity index (χ1n) is 7.80. The summed E-state index contributed by atoms with van der Waals surface area (Å²) in [7, 11) is 1.62. The number of fused-ring (bicyclic) bond motifs is 1. The van der Waals surface area contributed by atoms with E-state index in [0.29, 0.717) is 34.7 Å². The molecule has 0 aliphatic rings. The van der Waals surface area contributed by atoms with Gasteiger partial charge in [-0.05, 0) is 45.6 Å². The van der Waals surface area contributed by atoms with Gasteiger partial charge in [-0.3, -0.25) is 0 Å². The van der Waals surface area contributed by atoms with Crippen LogP contribution in [0.1, 0.15) is 10.4 Å². The summed E-state index contributed by atoms with van der Waals surface area (Å²) in [6.45, 7) is 0.937. The van der Waals surface area contributed by atoms with Crippen LogP contribution in [0.2, 0.25) is 0 Å². The van der Waals surface area contributed by atoms with Crippen molar-refractivity contribution in [3.8, 4) is 11.5 Å². The third-order valence-electron chi connectivity index (χ3n) is 3.66. The van der Waals surface area contributed by atoms with Gasteiger partial charge in [0.1, 0.15) is 18.1 Å². The summed E-state index contributed by atoms with van der Waals surface area (Å²) in [4.78, 5) is 12.5. The molecule has 0 spiro atoms. The number of ether oxygens (including phenoxy) is 3. The summed E-state index contributed by atoms with van der Waals surface area (Å²) < 4.78 is 16.8. The van der Waals surface area contributed by atoms with Crippen LogP contribution in [0.5, 0.6) is 11.5 Å². The fraction of sp³-hybridized carbons (Fsp3) is 0.150. The highest BCUT2D eigenvalue weighted by atomic mass is 79.9. The Morgan fingerprint density at radius 1 is 0.960 bits per heavy atom. The molecule has 0 N–H and O–H groups in total. The van der Waals surface area contributed by atoms with E-state index in [4.69, 9.17) is 14.2 Å². The Bertz CT molecular complexity index is 887. The van der Waals surface area contributed by atoms with Gasteiger partial charge in [0, 0.05) is 12.5 Å². The SMILES string of the molecule is COCCOc1ccc(C(=O)Oc2cccc3ccccc23)cc1Br. The van der Waals surface area contributed by atoms with Gasteiger partial charge in [-0.15, -0.1) is 0 Å². The van der Waals surface area contributed by atoms with Gasteiger partial charge in [0.2, 0.25) is 0 Å². The molecule has 0 fully saturated rings. The maximum absolute atomic E-state index is 12.5. The zero-order valence-corrected chi connectivity index (χ0v) is 15.3. The number of benzene rings is 3. The van der Waals surface area contributed by atoms with E-state index in [0.717, 1.165) is 10.8 Å². The number of esters is 1. The van der Waals surface area contributed by atoms with Gasteiger partial charge < -0.3 is 14.2 Å². The molecule has 25 heavy (non-hydrogen) atoms. The minimum Gasteiger partial charge on any atom is -0.490 e. The van der Waals surface area contributed by atoms with E-state index in [1.165, 1.54) is 0 Å². The average Bonchev–Trinajstić information content (AvgIpc) is 2.63. The Hall–Kier alpha value is -2.37. The van der Waals surface area contributed by atoms with E-state index >= 15 is 0 Å². The minimum absolute atomic E-state index is 0.416. The van der Waals surface area contributed by atoms with Crippen LogP contribution >= 0.6 is 15.9 Å². The highest BCUT2D eigenvalue weighted by Crippen LogP contribution is 2.28. The zero-order chi connectivity index (χ0) is 17.6. The molecule has 0 saturated heterocycles. The molecule has 3 aromatic rings. The number of methoxy groups -OCH3 is 1. The maximum atomic E-state index is 12.5. The molecule has 0 unspecified atom stereocenters. The molecular formula is C20H17BrO4. The molecule has 128 valence electrons. The van der Waals surface area contributed by atoms with Gasteiger partial charge in [0.15, 0.2) is 0 Å². The summed E-state index contributed by atoms with van der Waals surface area (Å²) in [5, 5.41) is 1.92. The van der Waals surface area contributed by atoms with Crippen LogP contribution in [-0.4, -0.2) is 26.3 Å². The molecule has 0 saturated carbocycles. The zero-order valence-electron chi connectivity index (χ0n) is 13.7. The Labute approximate surface area is 154 Å². The van der Waals surface area contributed by atoms with Crippen molar-refractivity contribution in [1.82, 2.24) is 0 Å². The fourth-order valence-corrected chi connectivity index (χ4v) is 2.92. The van der Waals surface area contributed by atoms with Gasteiger partial charge in [0.25, 0.3) is 0 Å². The van der Waals surface area contributed by atoms with Crippen LogP contribution in [0.25, 0.3) is 10.8 Å². The van der Waals surface area contributed by atoms with E-state index in [2.05, 4.69) is 15.9 Å². The summed E-state index contributed by atoms with van der Waals surface area (Å²) in [5.41, 5.74) is 0.443. The number of carbonyl (C=O) groups is 1. The first-order valence-corrected chi connectivity index (χ1v) is 8.59. The second-order valence-corrected chi connectivity index (χ2v) is 6.21. The fourth-order valence-electron chi connectivity index (χ4n) is 2.42. The van der Waals surface area contributed by atoms with E-state index < -0.39 is 5.97 Å². The smallest absolute Gasteiger partial charge is 0.343 e. The topological polar surface area (TPSA) is 44.8 Å². The standard InChI is InChI=1S/C20H17BrO4/c1-23-11-12-24-19-10-9-15(13-17(19)21)20(22)25-18-8-4-6-14-5-2-3-7-16(14)18/h2-10,13H,11-12H2,1H3. The number of hydrogen-bond acceptors (Lipinski definition) is 4. The predicted octanol–water partition coefficient (Wildman–Crippen LogP) is 4.85. The Morgan fingerprint density at radius 3 is 2.56 bits per heavy atom.